The average Bonchev–Trinajstić information content (AvgIpc) is 3.01. The highest BCUT2D eigenvalue weighted by Crippen LogP contribution is 2.54. The first-order valence-corrected chi connectivity index (χ1v) is 18.2. The molecule has 0 amide bonds. The van der Waals surface area contributed by atoms with E-state index in [1.807, 2.05) is 0 Å². The van der Waals surface area contributed by atoms with Crippen LogP contribution in [0.1, 0.15) is 125 Å². The van der Waals surface area contributed by atoms with Gasteiger partial charge in [0, 0.05) is 11.1 Å². The number of phenols is 2. The third-order valence-corrected chi connectivity index (χ3v) is 10.6. The van der Waals surface area contributed by atoms with Crippen molar-refractivity contribution in [3.8, 4) is 45.3 Å². The van der Waals surface area contributed by atoms with Crippen molar-refractivity contribution in [3.05, 3.63) is 93.0 Å². The predicted molar refractivity (Wildman–Crippen MR) is 198 cm³/mol. The Bertz CT molecular complexity index is 1710. The maximum atomic E-state index is 12.2. The summed E-state index contributed by atoms with van der Waals surface area (Å²) in [5.41, 5.74) is 11.4. The van der Waals surface area contributed by atoms with Gasteiger partial charge in [0.1, 0.15) is 34.2 Å². The number of aromatic hydroxyl groups is 2. The molecule has 0 bridgehead atoms. The fraction of sp³-hybridized carbons (Fsp3) is 0.455. The summed E-state index contributed by atoms with van der Waals surface area (Å²) in [5.74, 6) is 2.15. The maximum absolute atomic E-state index is 12.2. The molecule has 0 spiro atoms. The summed E-state index contributed by atoms with van der Waals surface area (Å²) >= 11 is 0. The number of phenolic OH excluding ortho intramolecular Hbond substituents is 2. The van der Waals surface area contributed by atoms with Gasteiger partial charge in [-0.15, -0.1) is 0 Å². The minimum atomic E-state index is -0.502. The second-order valence-corrected chi connectivity index (χ2v) is 15.2. The fourth-order valence-electron chi connectivity index (χ4n) is 7.98. The number of hydrogen-bond acceptors (Lipinski definition) is 4. The quantitative estimate of drug-likeness (QED) is 0.159. The molecule has 2 heterocycles. The fourth-order valence-corrected chi connectivity index (χ4v) is 7.98. The highest BCUT2D eigenvalue weighted by Gasteiger charge is 2.37. The molecule has 0 saturated carbocycles. The standard InChI is InChI=1S/C44H54O4/c1-9-11-13-15-29-25-37-39(33-23-27(3)17-21-35(33)43(5,6)47-37)41(45)31(29)19-20-32-30(16-14-12-10-2)26-38-40(42(32)46)34-24-28(4)18-22-36(34)44(7,8)48-38/h17-18,21-26,45-46H,9-16,19-20H2,1-8H3. The largest absolute Gasteiger partial charge is 0.507 e. The number of benzene rings is 4. The van der Waals surface area contributed by atoms with Crippen LogP contribution in [0.15, 0.2) is 48.5 Å². The molecule has 4 aromatic carbocycles. The zero-order valence-electron chi connectivity index (χ0n) is 30.4. The zero-order chi connectivity index (χ0) is 34.4. The number of hydrogen-bond donors (Lipinski definition) is 2. The van der Waals surface area contributed by atoms with Crippen molar-refractivity contribution >= 4 is 0 Å². The van der Waals surface area contributed by atoms with E-state index in [0.29, 0.717) is 24.3 Å². The van der Waals surface area contributed by atoms with E-state index >= 15 is 0 Å². The molecule has 4 aromatic rings. The van der Waals surface area contributed by atoms with E-state index in [2.05, 4.69) is 104 Å². The topological polar surface area (TPSA) is 58.9 Å². The molecule has 2 aliphatic rings. The summed E-state index contributed by atoms with van der Waals surface area (Å²) < 4.78 is 13.3. The Balaban J connectivity index is 1.48. The number of ether oxygens (including phenoxy) is 2. The average molecular weight is 647 g/mol. The molecule has 0 aliphatic carbocycles. The maximum Gasteiger partial charge on any atom is 0.132 e. The lowest BCUT2D eigenvalue weighted by atomic mass is 9.81. The van der Waals surface area contributed by atoms with E-state index in [0.717, 1.165) is 130 Å². The summed E-state index contributed by atoms with van der Waals surface area (Å²) in [6, 6.07) is 17.3. The zero-order valence-corrected chi connectivity index (χ0v) is 30.4. The predicted octanol–water partition coefficient (Wildman–Crippen LogP) is 11.6. The first-order valence-electron chi connectivity index (χ1n) is 18.2. The Hall–Kier alpha value is -3.92. The van der Waals surface area contributed by atoms with E-state index in [9.17, 15) is 10.2 Å². The van der Waals surface area contributed by atoms with Crippen molar-refractivity contribution in [2.45, 2.75) is 131 Å². The van der Waals surface area contributed by atoms with Crippen LogP contribution in [0.5, 0.6) is 23.0 Å². The number of fused-ring (bicyclic) bond motifs is 6. The smallest absolute Gasteiger partial charge is 0.132 e. The molecule has 6 rings (SSSR count). The van der Waals surface area contributed by atoms with E-state index in [1.165, 1.54) is 0 Å². The molecular weight excluding hydrogens is 592 g/mol. The summed E-state index contributed by atoms with van der Waals surface area (Å²) in [6.07, 6.45) is 9.62. The summed E-state index contributed by atoms with van der Waals surface area (Å²) in [6.45, 7) is 17.1. The summed E-state index contributed by atoms with van der Waals surface area (Å²) in [7, 11) is 0. The number of rotatable bonds is 11. The van der Waals surface area contributed by atoms with Gasteiger partial charge in [-0.2, -0.15) is 0 Å². The van der Waals surface area contributed by atoms with Crippen molar-refractivity contribution in [3.63, 3.8) is 0 Å². The Labute approximate surface area is 288 Å². The van der Waals surface area contributed by atoms with Gasteiger partial charge in [0.15, 0.2) is 0 Å². The van der Waals surface area contributed by atoms with Crippen molar-refractivity contribution in [1.82, 2.24) is 0 Å². The van der Waals surface area contributed by atoms with Crippen molar-refractivity contribution < 1.29 is 19.7 Å². The van der Waals surface area contributed by atoms with Crippen LogP contribution in [-0.4, -0.2) is 10.2 Å². The molecule has 4 heteroatoms. The van der Waals surface area contributed by atoms with Gasteiger partial charge >= 0.3 is 0 Å². The van der Waals surface area contributed by atoms with Crippen LogP contribution < -0.4 is 9.47 Å². The lowest BCUT2D eigenvalue weighted by Crippen LogP contribution is -2.29. The van der Waals surface area contributed by atoms with Crippen LogP contribution in [-0.2, 0) is 36.9 Å². The molecule has 0 radical (unpaired) electrons. The van der Waals surface area contributed by atoms with Crippen molar-refractivity contribution in [2.75, 3.05) is 0 Å². The van der Waals surface area contributed by atoms with E-state index < -0.39 is 11.2 Å². The van der Waals surface area contributed by atoms with Crippen LogP contribution in [0.2, 0.25) is 0 Å². The lowest BCUT2D eigenvalue weighted by Gasteiger charge is -2.37. The van der Waals surface area contributed by atoms with Gasteiger partial charge in [-0.3, -0.25) is 0 Å². The molecule has 254 valence electrons. The number of aryl methyl sites for hydroxylation is 4. The highest BCUT2D eigenvalue weighted by molar-refractivity contribution is 5.85. The molecule has 4 nitrogen and oxygen atoms in total. The molecule has 0 atom stereocenters. The molecule has 0 fully saturated rings. The normalized spacial score (nSPS) is 15.1. The third-order valence-electron chi connectivity index (χ3n) is 10.6. The van der Waals surface area contributed by atoms with E-state index in [-0.39, 0.29) is 0 Å². The van der Waals surface area contributed by atoms with Gasteiger partial charge in [-0.05, 0) is 126 Å². The molecule has 2 aliphatic heterocycles. The number of unbranched alkanes of at least 4 members (excludes halogenated alkanes) is 4. The van der Waals surface area contributed by atoms with Gasteiger partial charge in [0.2, 0.25) is 0 Å². The van der Waals surface area contributed by atoms with Crippen LogP contribution in [0.25, 0.3) is 22.3 Å². The van der Waals surface area contributed by atoms with Crippen LogP contribution >= 0.6 is 0 Å². The second-order valence-electron chi connectivity index (χ2n) is 15.2. The first-order chi connectivity index (χ1) is 22.9. The second kappa shape index (κ2) is 13.2. The van der Waals surface area contributed by atoms with Gasteiger partial charge in [0.25, 0.3) is 0 Å². The summed E-state index contributed by atoms with van der Waals surface area (Å²) in [5, 5.41) is 24.4. The monoisotopic (exact) mass is 646 g/mol. The Kier molecular flexibility index (Phi) is 9.32. The molecule has 48 heavy (non-hydrogen) atoms. The van der Waals surface area contributed by atoms with Gasteiger partial charge in [-0.25, -0.2) is 0 Å². The minimum absolute atomic E-state index is 0.317. The van der Waals surface area contributed by atoms with Gasteiger partial charge < -0.3 is 19.7 Å². The highest BCUT2D eigenvalue weighted by atomic mass is 16.5. The van der Waals surface area contributed by atoms with Crippen molar-refractivity contribution in [1.29, 1.82) is 0 Å². The molecule has 0 aromatic heterocycles. The van der Waals surface area contributed by atoms with Gasteiger partial charge in [0.05, 0.1) is 11.1 Å². The molecule has 0 saturated heterocycles. The lowest BCUT2D eigenvalue weighted by molar-refractivity contribution is 0.104. The first kappa shape index (κ1) is 34.0. The SMILES string of the molecule is CCCCCc1cc2c(c(O)c1CCc1c(CCCCC)cc3c(c1O)-c1cc(C)ccc1C(C)(C)O3)-c1cc(C)ccc1C(C)(C)O2. The molecule has 0 unspecified atom stereocenters. The minimum Gasteiger partial charge on any atom is -0.507 e. The third kappa shape index (κ3) is 6.19. The van der Waals surface area contributed by atoms with Crippen molar-refractivity contribution in [2.24, 2.45) is 0 Å². The Morgan fingerprint density at radius 2 is 0.938 bits per heavy atom. The molecule has 2 N–H and O–H groups in total. The van der Waals surface area contributed by atoms with Crippen LogP contribution in [0.4, 0.5) is 0 Å². The molecular formula is C44H54O4. The summed E-state index contributed by atoms with van der Waals surface area (Å²) in [4.78, 5) is 0. The van der Waals surface area contributed by atoms with Gasteiger partial charge in [-0.1, -0.05) is 87.1 Å². The van der Waals surface area contributed by atoms with E-state index in [1.54, 1.807) is 0 Å². The Morgan fingerprint density at radius 3 is 1.31 bits per heavy atom. The van der Waals surface area contributed by atoms with E-state index in [4.69, 9.17) is 9.47 Å². The van der Waals surface area contributed by atoms with Crippen LogP contribution in [0.3, 0.4) is 0 Å². The Morgan fingerprint density at radius 1 is 0.542 bits per heavy atom. The van der Waals surface area contributed by atoms with Crippen LogP contribution in [0, 0.1) is 13.8 Å².